The standard InChI is InChI=1S/C20H25FN4O3/c1-14(28-18-7-5-4-6-17(18)27-3)12-23-20(22-2)24-13-19(26)25-16-10-8-15(21)9-11-16/h4-11,14H,12-13H2,1-3H3,(H,25,26)(H2,22,23,24). The van der Waals surface area contributed by atoms with Crippen molar-refractivity contribution in [3.05, 3.63) is 54.3 Å². The average Bonchev–Trinajstić information content (AvgIpc) is 2.70. The predicted molar refractivity (Wildman–Crippen MR) is 107 cm³/mol. The highest BCUT2D eigenvalue weighted by Crippen LogP contribution is 2.26. The van der Waals surface area contributed by atoms with Crippen molar-refractivity contribution < 1.29 is 18.7 Å². The van der Waals surface area contributed by atoms with Crippen LogP contribution in [0.1, 0.15) is 6.92 Å². The second kappa shape index (κ2) is 10.8. The fourth-order valence-electron chi connectivity index (χ4n) is 2.34. The van der Waals surface area contributed by atoms with Gasteiger partial charge in [-0.3, -0.25) is 9.79 Å². The number of carbonyl (C=O) groups excluding carboxylic acids is 1. The third kappa shape index (κ3) is 6.79. The van der Waals surface area contributed by atoms with Gasteiger partial charge in [0.1, 0.15) is 11.9 Å². The lowest BCUT2D eigenvalue weighted by Crippen LogP contribution is -2.44. The molecule has 0 aliphatic carbocycles. The van der Waals surface area contributed by atoms with Crippen molar-refractivity contribution in [2.24, 2.45) is 4.99 Å². The van der Waals surface area contributed by atoms with Crippen LogP contribution in [-0.2, 0) is 4.79 Å². The van der Waals surface area contributed by atoms with E-state index in [-0.39, 0.29) is 24.4 Å². The van der Waals surface area contributed by atoms with Gasteiger partial charge >= 0.3 is 0 Å². The summed E-state index contributed by atoms with van der Waals surface area (Å²) < 4.78 is 24.0. The van der Waals surface area contributed by atoms with Crippen molar-refractivity contribution in [2.45, 2.75) is 13.0 Å². The summed E-state index contributed by atoms with van der Waals surface area (Å²) in [6, 6.07) is 13.0. The van der Waals surface area contributed by atoms with Crippen LogP contribution in [0.15, 0.2) is 53.5 Å². The topological polar surface area (TPSA) is 84.0 Å². The highest BCUT2D eigenvalue weighted by Gasteiger charge is 2.10. The van der Waals surface area contributed by atoms with Crippen LogP contribution in [-0.4, -0.2) is 45.2 Å². The van der Waals surface area contributed by atoms with Gasteiger partial charge in [-0.1, -0.05) is 12.1 Å². The Morgan fingerprint density at radius 1 is 1.11 bits per heavy atom. The number of anilines is 1. The van der Waals surface area contributed by atoms with Gasteiger partial charge in [0.25, 0.3) is 0 Å². The highest BCUT2D eigenvalue weighted by atomic mass is 19.1. The summed E-state index contributed by atoms with van der Waals surface area (Å²) in [6.07, 6.45) is -0.164. The molecule has 0 saturated heterocycles. The molecule has 1 atom stereocenters. The fraction of sp³-hybridized carbons (Fsp3) is 0.300. The minimum atomic E-state index is -0.356. The number of carbonyl (C=O) groups is 1. The summed E-state index contributed by atoms with van der Waals surface area (Å²) in [7, 11) is 3.20. The Kier molecular flexibility index (Phi) is 8.08. The molecule has 0 spiro atoms. The molecule has 2 rings (SSSR count). The molecular weight excluding hydrogens is 363 g/mol. The summed E-state index contributed by atoms with van der Waals surface area (Å²) >= 11 is 0. The number of para-hydroxylation sites is 2. The van der Waals surface area contributed by atoms with Crippen molar-refractivity contribution in [1.82, 2.24) is 10.6 Å². The number of nitrogens with zero attached hydrogens (tertiary/aromatic N) is 1. The van der Waals surface area contributed by atoms with Gasteiger partial charge in [-0.2, -0.15) is 0 Å². The van der Waals surface area contributed by atoms with Crippen molar-refractivity contribution in [3.63, 3.8) is 0 Å². The number of guanidine groups is 1. The van der Waals surface area contributed by atoms with E-state index in [2.05, 4.69) is 20.9 Å². The summed E-state index contributed by atoms with van der Waals surface area (Å²) in [5, 5.41) is 8.68. The third-order valence-corrected chi connectivity index (χ3v) is 3.72. The number of hydrogen-bond donors (Lipinski definition) is 3. The molecule has 0 heterocycles. The van der Waals surface area contributed by atoms with E-state index in [1.807, 2.05) is 31.2 Å². The Morgan fingerprint density at radius 2 is 1.79 bits per heavy atom. The Bertz CT molecular complexity index is 796. The van der Waals surface area contributed by atoms with Gasteiger partial charge in [-0.15, -0.1) is 0 Å². The summed E-state index contributed by atoms with van der Waals surface area (Å²) in [6.45, 7) is 2.39. The van der Waals surface area contributed by atoms with Gasteiger partial charge in [0, 0.05) is 12.7 Å². The third-order valence-electron chi connectivity index (χ3n) is 3.72. The smallest absolute Gasteiger partial charge is 0.243 e. The van der Waals surface area contributed by atoms with Crippen LogP contribution in [0.2, 0.25) is 0 Å². The van der Waals surface area contributed by atoms with Crippen molar-refractivity contribution >= 4 is 17.6 Å². The van der Waals surface area contributed by atoms with Crippen LogP contribution in [0.5, 0.6) is 11.5 Å². The maximum atomic E-state index is 12.9. The van der Waals surface area contributed by atoms with Crippen LogP contribution in [0.25, 0.3) is 0 Å². The normalized spacial score (nSPS) is 12.1. The van der Waals surface area contributed by atoms with Crippen LogP contribution in [0, 0.1) is 5.82 Å². The Hall–Kier alpha value is -3.29. The minimum Gasteiger partial charge on any atom is -0.493 e. The number of benzene rings is 2. The van der Waals surface area contributed by atoms with E-state index in [0.29, 0.717) is 29.7 Å². The molecule has 0 aliphatic heterocycles. The number of halogens is 1. The van der Waals surface area contributed by atoms with Gasteiger partial charge in [-0.25, -0.2) is 4.39 Å². The maximum absolute atomic E-state index is 12.9. The number of amides is 1. The van der Waals surface area contributed by atoms with Crippen LogP contribution in [0.3, 0.4) is 0 Å². The summed E-state index contributed by atoms with van der Waals surface area (Å²) in [5.74, 6) is 1.15. The Morgan fingerprint density at radius 3 is 2.43 bits per heavy atom. The Labute approximate surface area is 164 Å². The van der Waals surface area contributed by atoms with Gasteiger partial charge in [0.15, 0.2) is 17.5 Å². The molecular formula is C20H25FN4O3. The van der Waals surface area contributed by atoms with E-state index in [9.17, 15) is 9.18 Å². The number of methoxy groups -OCH3 is 1. The molecule has 150 valence electrons. The van der Waals surface area contributed by atoms with Crippen LogP contribution >= 0.6 is 0 Å². The molecule has 0 fully saturated rings. The second-order valence-corrected chi connectivity index (χ2v) is 5.94. The Balaban J connectivity index is 1.76. The zero-order chi connectivity index (χ0) is 20.4. The molecule has 0 radical (unpaired) electrons. The predicted octanol–water partition coefficient (Wildman–Crippen LogP) is 2.41. The number of aliphatic imine (C=N–C) groups is 1. The second-order valence-electron chi connectivity index (χ2n) is 5.94. The van der Waals surface area contributed by atoms with Crippen molar-refractivity contribution in [1.29, 1.82) is 0 Å². The number of ether oxygens (including phenoxy) is 2. The van der Waals surface area contributed by atoms with E-state index >= 15 is 0 Å². The summed E-state index contributed by atoms with van der Waals surface area (Å²) in [4.78, 5) is 16.1. The van der Waals surface area contributed by atoms with E-state index in [4.69, 9.17) is 9.47 Å². The molecule has 7 nitrogen and oxygen atoms in total. The fourth-order valence-corrected chi connectivity index (χ4v) is 2.34. The molecule has 1 amide bonds. The van der Waals surface area contributed by atoms with Crippen LogP contribution in [0.4, 0.5) is 10.1 Å². The molecule has 2 aromatic rings. The van der Waals surface area contributed by atoms with E-state index < -0.39 is 0 Å². The number of nitrogens with one attached hydrogen (secondary N) is 3. The lowest BCUT2D eigenvalue weighted by Gasteiger charge is -2.19. The molecule has 1 unspecified atom stereocenters. The molecule has 28 heavy (non-hydrogen) atoms. The first-order valence-corrected chi connectivity index (χ1v) is 8.81. The molecule has 0 aromatic heterocycles. The average molecular weight is 388 g/mol. The SMILES string of the molecule is CN=C(NCC(=O)Nc1ccc(F)cc1)NCC(C)Oc1ccccc1OC. The van der Waals surface area contributed by atoms with E-state index in [1.165, 1.54) is 24.3 Å². The van der Waals surface area contributed by atoms with Crippen molar-refractivity contribution in [2.75, 3.05) is 32.6 Å². The molecule has 2 aromatic carbocycles. The molecule has 8 heteroatoms. The first-order valence-electron chi connectivity index (χ1n) is 8.81. The van der Waals surface area contributed by atoms with Crippen molar-refractivity contribution in [3.8, 4) is 11.5 Å². The lowest BCUT2D eigenvalue weighted by atomic mass is 10.3. The zero-order valence-corrected chi connectivity index (χ0v) is 16.2. The number of rotatable bonds is 8. The van der Waals surface area contributed by atoms with Crippen LogP contribution < -0.4 is 25.4 Å². The van der Waals surface area contributed by atoms with Gasteiger partial charge in [0.2, 0.25) is 5.91 Å². The first kappa shape index (κ1) is 21.0. The lowest BCUT2D eigenvalue weighted by molar-refractivity contribution is -0.115. The minimum absolute atomic E-state index is 0.0127. The van der Waals surface area contributed by atoms with Gasteiger partial charge in [0.05, 0.1) is 20.2 Å². The molecule has 0 bridgehead atoms. The molecule has 3 N–H and O–H groups in total. The molecule has 0 saturated carbocycles. The summed E-state index contributed by atoms with van der Waals surface area (Å²) in [5.41, 5.74) is 0.523. The highest BCUT2D eigenvalue weighted by molar-refractivity contribution is 5.94. The number of hydrogen-bond acceptors (Lipinski definition) is 4. The quantitative estimate of drug-likeness (QED) is 0.478. The monoisotopic (exact) mass is 388 g/mol. The van der Waals surface area contributed by atoms with E-state index in [0.717, 1.165) is 0 Å². The van der Waals surface area contributed by atoms with Gasteiger partial charge < -0.3 is 25.4 Å². The first-order chi connectivity index (χ1) is 13.5. The maximum Gasteiger partial charge on any atom is 0.243 e. The molecule has 0 aliphatic rings. The van der Waals surface area contributed by atoms with E-state index in [1.54, 1.807) is 14.2 Å². The largest absolute Gasteiger partial charge is 0.493 e. The van der Waals surface area contributed by atoms with Gasteiger partial charge in [-0.05, 0) is 43.3 Å². The zero-order valence-electron chi connectivity index (χ0n) is 16.2.